The van der Waals surface area contributed by atoms with Gasteiger partial charge in [-0.25, -0.2) is 0 Å². The van der Waals surface area contributed by atoms with E-state index >= 15 is 0 Å². The van der Waals surface area contributed by atoms with Crippen molar-refractivity contribution in [3.63, 3.8) is 0 Å². The Morgan fingerprint density at radius 3 is 2.28 bits per heavy atom. The van der Waals surface area contributed by atoms with Gasteiger partial charge in [-0.05, 0) is 74.0 Å². The van der Waals surface area contributed by atoms with Gasteiger partial charge in [0.1, 0.15) is 0 Å². The van der Waals surface area contributed by atoms with E-state index in [1.807, 2.05) is 0 Å². The summed E-state index contributed by atoms with van der Waals surface area (Å²) in [5.74, 6) is 0.863. The lowest BCUT2D eigenvalue weighted by atomic mass is 9.49. The fraction of sp³-hybridized carbons (Fsp3) is 0.600. The van der Waals surface area contributed by atoms with Gasteiger partial charge in [-0.2, -0.15) is 0 Å². The lowest BCUT2D eigenvalue weighted by Gasteiger charge is -2.55. The Hall–Kier alpha value is -1.55. The predicted octanol–water partition coefficient (Wildman–Crippen LogP) is 2.85. The van der Waals surface area contributed by atoms with Crippen molar-refractivity contribution in [3.8, 4) is 0 Å². The summed E-state index contributed by atoms with van der Waals surface area (Å²) in [5, 5.41) is 14.8. The van der Waals surface area contributed by atoms with E-state index in [-0.39, 0.29) is 17.7 Å². The van der Waals surface area contributed by atoms with Crippen molar-refractivity contribution in [3.05, 3.63) is 34.9 Å². The number of hydrogen-bond donors (Lipinski definition) is 1. The van der Waals surface area contributed by atoms with Crippen molar-refractivity contribution in [2.24, 2.45) is 23.2 Å². The molecule has 1 N–H and O–H groups in total. The lowest BCUT2D eigenvalue weighted by molar-refractivity contribution is -0.306. The molecule has 25 heavy (non-hydrogen) atoms. The van der Waals surface area contributed by atoms with Crippen LogP contribution in [0.4, 0.5) is 0 Å². The van der Waals surface area contributed by atoms with Gasteiger partial charge in [0.05, 0.1) is 6.04 Å². The second-order valence-corrected chi connectivity index (χ2v) is 8.79. The van der Waals surface area contributed by atoms with Crippen molar-refractivity contribution in [1.29, 1.82) is 0 Å². The topological polar surface area (TPSA) is 69.2 Å². The molecule has 1 amide bonds. The summed E-state index contributed by atoms with van der Waals surface area (Å²) in [5.41, 5.74) is 0.423. The first-order valence-electron chi connectivity index (χ1n) is 9.20. The van der Waals surface area contributed by atoms with Gasteiger partial charge in [0.15, 0.2) is 0 Å². The largest absolute Gasteiger partial charge is 0.550 e. The Bertz CT molecular complexity index is 667. The highest BCUT2D eigenvalue weighted by atomic mass is 35.5. The van der Waals surface area contributed by atoms with Crippen LogP contribution in [0.5, 0.6) is 0 Å². The number of carboxylic acids is 1. The Balaban J connectivity index is 1.55. The molecule has 1 aromatic carbocycles. The number of amides is 1. The fourth-order valence-electron chi connectivity index (χ4n) is 5.84. The molecule has 5 rings (SSSR count). The summed E-state index contributed by atoms with van der Waals surface area (Å²) in [6.45, 7) is 0. The number of halogens is 1. The summed E-state index contributed by atoms with van der Waals surface area (Å²) in [6, 6.07) is 6.44. The highest BCUT2D eigenvalue weighted by Crippen LogP contribution is 2.60. The molecule has 4 saturated carbocycles. The maximum absolute atomic E-state index is 13.2. The SMILES string of the molecule is O=C([O-])C[C@H](NC(=O)C12CC3CC(CC(C3)C1)C2)c1cccc(Cl)c1. The standard InChI is InChI=1S/C20H24ClNO3/c21-16-3-1-2-15(7-16)17(8-18(23)24)22-19(25)20-9-12-4-13(10-20)6-14(5-12)11-20/h1-3,7,12-14,17H,4-6,8-11H2,(H,22,25)(H,23,24)/p-1/t12?,13?,14?,17-,20?/m0/s1. The normalized spacial score (nSPS) is 33.9. The van der Waals surface area contributed by atoms with Gasteiger partial charge >= 0.3 is 0 Å². The minimum absolute atomic E-state index is 0.0258. The maximum Gasteiger partial charge on any atom is 0.226 e. The third-order valence-corrected chi connectivity index (χ3v) is 6.68. The monoisotopic (exact) mass is 360 g/mol. The van der Waals surface area contributed by atoms with Crippen LogP contribution >= 0.6 is 11.6 Å². The first-order valence-corrected chi connectivity index (χ1v) is 9.57. The summed E-state index contributed by atoms with van der Waals surface area (Å²) in [6.07, 6.45) is 6.43. The van der Waals surface area contributed by atoms with E-state index in [0.29, 0.717) is 22.8 Å². The van der Waals surface area contributed by atoms with E-state index in [4.69, 9.17) is 11.6 Å². The number of rotatable bonds is 5. The van der Waals surface area contributed by atoms with Gasteiger partial charge in [0.25, 0.3) is 0 Å². The van der Waals surface area contributed by atoms with E-state index in [2.05, 4.69) is 5.32 Å². The van der Waals surface area contributed by atoms with Gasteiger partial charge in [0.2, 0.25) is 5.91 Å². The summed E-state index contributed by atoms with van der Waals surface area (Å²) in [7, 11) is 0. The highest BCUT2D eigenvalue weighted by molar-refractivity contribution is 6.30. The van der Waals surface area contributed by atoms with E-state index < -0.39 is 12.0 Å². The third-order valence-electron chi connectivity index (χ3n) is 6.45. The van der Waals surface area contributed by atoms with Crippen molar-refractivity contribution >= 4 is 23.5 Å². The van der Waals surface area contributed by atoms with Gasteiger partial charge in [-0.15, -0.1) is 0 Å². The molecule has 0 spiro atoms. The zero-order chi connectivity index (χ0) is 17.6. The van der Waals surface area contributed by atoms with Gasteiger partial charge in [-0.3, -0.25) is 4.79 Å². The zero-order valence-electron chi connectivity index (χ0n) is 14.2. The Kier molecular flexibility index (Phi) is 4.27. The summed E-state index contributed by atoms with van der Waals surface area (Å²) in [4.78, 5) is 24.4. The average molecular weight is 361 g/mol. The number of carboxylic acid groups (broad SMARTS) is 1. The van der Waals surface area contributed by atoms with Crippen LogP contribution in [0, 0.1) is 23.2 Å². The molecule has 0 unspecified atom stereocenters. The Morgan fingerprint density at radius 2 is 1.76 bits per heavy atom. The van der Waals surface area contributed by atoms with Crippen LogP contribution in [0.25, 0.3) is 0 Å². The number of nitrogens with one attached hydrogen (secondary N) is 1. The van der Waals surface area contributed by atoms with Crippen molar-refractivity contribution in [2.45, 2.75) is 51.0 Å². The molecule has 1 atom stereocenters. The van der Waals surface area contributed by atoms with Crippen LogP contribution in [0.1, 0.15) is 56.6 Å². The number of aliphatic carboxylic acids is 1. The molecule has 0 radical (unpaired) electrons. The molecule has 0 saturated heterocycles. The molecular formula is C20H23ClNO3-. The molecule has 4 aliphatic rings. The molecular weight excluding hydrogens is 338 g/mol. The number of benzene rings is 1. The fourth-order valence-corrected chi connectivity index (χ4v) is 6.04. The molecule has 0 aromatic heterocycles. The van der Waals surface area contributed by atoms with Gasteiger partial charge < -0.3 is 15.2 Å². The van der Waals surface area contributed by atoms with Crippen LogP contribution < -0.4 is 10.4 Å². The van der Waals surface area contributed by atoms with Crippen LogP contribution in [-0.2, 0) is 9.59 Å². The van der Waals surface area contributed by atoms with Crippen molar-refractivity contribution in [2.75, 3.05) is 0 Å². The number of carbonyl (C=O) groups is 2. The smallest absolute Gasteiger partial charge is 0.226 e. The molecule has 4 fully saturated rings. The Morgan fingerprint density at radius 1 is 1.16 bits per heavy atom. The average Bonchev–Trinajstić information content (AvgIpc) is 2.52. The van der Waals surface area contributed by atoms with Crippen LogP contribution in [0.3, 0.4) is 0 Å². The molecule has 5 heteroatoms. The molecule has 1 aromatic rings. The predicted molar refractivity (Wildman–Crippen MR) is 92.6 cm³/mol. The highest BCUT2D eigenvalue weighted by Gasteiger charge is 2.54. The third kappa shape index (κ3) is 3.29. The van der Waals surface area contributed by atoms with Crippen molar-refractivity contribution in [1.82, 2.24) is 5.32 Å². The second-order valence-electron chi connectivity index (χ2n) is 8.36. The molecule has 4 aliphatic carbocycles. The van der Waals surface area contributed by atoms with Gasteiger partial charge in [0, 0.05) is 22.8 Å². The number of hydrogen-bond acceptors (Lipinski definition) is 3. The molecule has 0 heterocycles. The van der Waals surface area contributed by atoms with E-state index in [1.165, 1.54) is 19.3 Å². The van der Waals surface area contributed by atoms with E-state index in [0.717, 1.165) is 24.8 Å². The van der Waals surface area contributed by atoms with Crippen LogP contribution in [0.15, 0.2) is 24.3 Å². The molecule has 0 aliphatic heterocycles. The van der Waals surface area contributed by atoms with Gasteiger partial charge in [-0.1, -0.05) is 23.7 Å². The van der Waals surface area contributed by atoms with Crippen molar-refractivity contribution < 1.29 is 14.7 Å². The summed E-state index contributed by atoms with van der Waals surface area (Å²) < 4.78 is 0. The minimum atomic E-state index is -1.17. The van der Waals surface area contributed by atoms with Crippen LogP contribution in [0.2, 0.25) is 5.02 Å². The minimum Gasteiger partial charge on any atom is -0.550 e. The molecule has 134 valence electrons. The number of carbonyl (C=O) groups excluding carboxylic acids is 2. The summed E-state index contributed by atoms with van der Waals surface area (Å²) >= 11 is 6.04. The quantitative estimate of drug-likeness (QED) is 0.877. The Labute approximate surface area is 152 Å². The molecule has 4 bridgehead atoms. The lowest BCUT2D eigenvalue weighted by Crippen LogP contribution is -2.54. The maximum atomic E-state index is 13.2. The second kappa shape index (κ2) is 6.31. The van der Waals surface area contributed by atoms with E-state index in [9.17, 15) is 14.7 Å². The van der Waals surface area contributed by atoms with E-state index in [1.54, 1.807) is 24.3 Å². The first kappa shape index (κ1) is 16.9. The molecule has 4 nitrogen and oxygen atoms in total. The first-order chi connectivity index (χ1) is 11.9. The van der Waals surface area contributed by atoms with Crippen LogP contribution in [-0.4, -0.2) is 11.9 Å². The zero-order valence-corrected chi connectivity index (χ0v) is 14.9.